The molecule has 182 valence electrons. The van der Waals surface area contributed by atoms with Crippen molar-refractivity contribution in [1.29, 1.82) is 0 Å². The molecule has 7 nitrogen and oxygen atoms in total. The largest absolute Gasteiger partial charge is 0.497 e. The van der Waals surface area contributed by atoms with E-state index in [1.54, 1.807) is 7.11 Å². The lowest BCUT2D eigenvalue weighted by molar-refractivity contribution is 0.0717. The van der Waals surface area contributed by atoms with E-state index in [1.807, 2.05) is 22.5 Å². The van der Waals surface area contributed by atoms with E-state index in [-0.39, 0.29) is 11.5 Å². The zero-order valence-electron chi connectivity index (χ0n) is 20.2. The number of carbonyl (C=O) groups excluding carboxylic acids is 1. The van der Waals surface area contributed by atoms with Crippen LogP contribution in [-0.4, -0.2) is 45.5 Å². The topological polar surface area (TPSA) is 80.2 Å². The van der Waals surface area contributed by atoms with E-state index >= 15 is 0 Å². The molecule has 6 rings (SSSR count). The highest BCUT2D eigenvalue weighted by molar-refractivity contribution is 7.20. The molecule has 8 heteroatoms. The van der Waals surface area contributed by atoms with Gasteiger partial charge in [-0.3, -0.25) is 14.2 Å². The summed E-state index contributed by atoms with van der Waals surface area (Å²) in [5, 5.41) is 1.83. The number of piperidine rings is 1. The zero-order valence-corrected chi connectivity index (χ0v) is 21.0. The predicted octanol–water partition coefficient (Wildman–Crippen LogP) is 5.00. The van der Waals surface area contributed by atoms with Gasteiger partial charge in [-0.15, -0.1) is 11.3 Å². The van der Waals surface area contributed by atoms with Crippen molar-refractivity contribution in [3.05, 3.63) is 56.6 Å². The second-order valence-corrected chi connectivity index (χ2v) is 10.8. The van der Waals surface area contributed by atoms with Crippen LogP contribution in [0.1, 0.15) is 64.6 Å². The Morgan fingerprint density at radius 2 is 2.00 bits per heavy atom. The molecule has 0 aliphatic carbocycles. The molecule has 0 atom stereocenters. The molecule has 35 heavy (non-hydrogen) atoms. The maximum atomic E-state index is 13.5. The zero-order chi connectivity index (χ0) is 24.1. The third-order valence-electron chi connectivity index (χ3n) is 7.75. The van der Waals surface area contributed by atoms with Crippen LogP contribution < -0.4 is 10.3 Å². The van der Waals surface area contributed by atoms with Gasteiger partial charge in [0.2, 0.25) is 0 Å². The van der Waals surface area contributed by atoms with Crippen LogP contribution in [0.4, 0.5) is 0 Å². The Morgan fingerprint density at radius 3 is 2.80 bits per heavy atom. The summed E-state index contributed by atoms with van der Waals surface area (Å²) in [6.45, 7) is 4.04. The van der Waals surface area contributed by atoms with Crippen molar-refractivity contribution in [1.82, 2.24) is 19.4 Å². The lowest BCUT2D eigenvalue weighted by Crippen LogP contribution is -2.37. The molecule has 1 saturated heterocycles. The Morgan fingerprint density at radius 1 is 1.17 bits per heavy atom. The Balaban J connectivity index is 1.24. The lowest BCUT2D eigenvalue weighted by atomic mass is 9.89. The number of aryl methyl sites for hydroxylation is 2. The van der Waals surface area contributed by atoms with Crippen molar-refractivity contribution in [2.24, 2.45) is 0 Å². The maximum Gasteiger partial charge on any atom is 0.264 e. The number of fused-ring (bicyclic) bond motifs is 3. The average molecular weight is 491 g/mol. The first-order chi connectivity index (χ1) is 17.0. The normalized spacial score (nSPS) is 17.0. The standard InChI is InChI=1S/C27H30N4O3S/c1-16-23-25(29-22-6-4-3-5-11-31(22)26(23)32)35-24(16)27(33)30-12-9-17(10-13-30)20-15-28-21-8-7-18(34-2)14-19(20)21/h7-8,14-15,17,28H,3-6,9-13H2,1-2H3. The first-order valence-electron chi connectivity index (χ1n) is 12.5. The monoisotopic (exact) mass is 490 g/mol. The maximum absolute atomic E-state index is 13.5. The summed E-state index contributed by atoms with van der Waals surface area (Å²) in [6, 6.07) is 6.11. The summed E-state index contributed by atoms with van der Waals surface area (Å²) in [7, 11) is 1.69. The fraction of sp³-hybridized carbons (Fsp3) is 0.444. The molecular weight excluding hydrogens is 460 g/mol. The highest BCUT2D eigenvalue weighted by Gasteiger charge is 2.29. The van der Waals surface area contributed by atoms with Gasteiger partial charge < -0.3 is 14.6 Å². The van der Waals surface area contributed by atoms with Gasteiger partial charge in [-0.1, -0.05) is 6.42 Å². The Bertz CT molecular complexity index is 1490. The summed E-state index contributed by atoms with van der Waals surface area (Å²) >= 11 is 1.39. The molecule has 0 radical (unpaired) electrons. The van der Waals surface area contributed by atoms with E-state index < -0.39 is 0 Å². The number of H-pyrrole nitrogens is 1. The molecule has 5 heterocycles. The molecule has 0 unspecified atom stereocenters. The number of benzene rings is 1. The predicted molar refractivity (Wildman–Crippen MR) is 139 cm³/mol. The number of hydrogen-bond donors (Lipinski definition) is 1. The highest BCUT2D eigenvalue weighted by atomic mass is 32.1. The molecule has 1 fully saturated rings. The van der Waals surface area contributed by atoms with Gasteiger partial charge in [-0.05, 0) is 67.9 Å². The van der Waals surface area contributed by atoms with E-state index in [1.165, 1.54) is 22.3 Å². The van der Waals surface area contributed by atoms with Gasteiger partial charge in [-0.2, -0.15) is 0 Å². The van der Waals surface area contributed by atoms with Crippen molar-refractivity contribution in [2.45, 2.75) is 57.9 Å². The number of methoxy groups -OCH3 is 1. The van der Waals surface area contributed by atoms with Crippen LogP contribution in [0.15, 0.2) is 29.2 Å². The molecule has 0 bridgehead atoms. The molecule has 0 spiro atoms. The number of nitrogens with one attached hydrogen (secondary N) is 1. The van der Waals surface area contributed by atoms with Crippen LogP contribution in [0.3, 0.4) is 0 Å². The molecule has 2 aliphatic heterocycles. The molecule has 4 aromatic rings. The summed E-state index contributed by atoms with van der Waals surface area (Å²) in [6.07, 6.45) is 7.95. The molecule has 2 aliphatic rings. The summed E-state index contributed by atoms with van der Waals surface area (Å²) in [5.74, 6) is 2.15. The van der Waals surface area contributed by atoms with Gasteiger partial charge in [0.25, 0.3) is 11.5 Å². The van der Waals surface area contributed by atoms with Crippen molar-refractivity contribution in [3.63, 3.8) is 0 Å². The minimum atomic E-state index is 0.0215. The van der Waals surface area contributed by atoms with Crippen LogP contribution in [0, 0.1) is 6.92 Å². The minimum Gasteiger partial charge on any atom is -0.497 e. The van der Waals surface area contributed by atoms with Crippen molar-refractivity contribution in [2.75, 3.05) is 20.2 Å². The van der Waals surface area contributed by atoms with E-state index in [9.17, 15) is 9.59 Å². The molecule has 1 aromatic carbocycles. The number of thiophene rings is 1. The number of aromatic amines is 1. The number of nitrogens with zero attached hydrogens (tertiary/aromatic N) is 3. The quantitative estimate of drug-likeness (QED) is 0.438. The van der Waals surface area contributed by atoms with Gasteiger partial charge >= 0.3 is 0 Å². The van der Waals surface area contributed by atoms with Gasteiger partial charge in [0, 0.05) is 43.2 Å². The fourth-order valence-corrected chi connectivity index (χ4v) is 6.90. The Hall–Kier alpha value is -3.13. The van der Waals surface area contributed by atoms with Crippen molar-refractivity contribution in [3.8, 4) is 5.75 Å². The Kier molecular flexibility index (Phi) is 5.63. The van der Waals surface area contributed by atoms with Crippen LogP contribution in [-0.2, 0) is 13.0 Å². The second-order valence-electron chi connectivity index (χ2n) is 9.75. The average Bonchev–Trinajstić information content (AvgIpc) is 3.35. The number of likely N-dealkylation sites (tertiary alicyclic amines) is 1. The first-order valence-corrected chi connectivity index (χ1v) is 13.3. The summed E-state index contributed by atoms with van der Waals surface area (Å²) in [4.78, 5) is 38.4. The van der Waals surface area contributed by atoms with E-state index in [4.69, 9.17) is 9.72 Å². The van der Waals surface area contributed by atoms with Gasteiger partial charge in [0.1, 0.15) is 16.4 Å². The Labute approximate surface area is 207 Å². The number of aromatic nitrogens is 3. The lowest BCUT2D eigenvalue weighted by Gasteiger charge is -2.32. The molecular formula is C27H30N4O3S. The second kappa shape index (κ2) is 8.82. The van der Waals surface area contributed by atoms with Crippen molar-refractivity contribution < 1.29 is 9.53 Å². The third-order valence-corrected chi connectivity index (χ3v) is 8.92. The molecule has 0 saturated carbocycles. The van der Waals surface area contributed by atoms with Gasteiger partial charge in [0.15, 0.2) is 0 Å². The fourth-order valence-electron chi connectivity index (χ4n) is 5.74. The SMILES string of the molecule is COc1ccc2[nH]cc(C3CCN(C(=O)c4sc5nc6n(c(=O)c5c4C)CCCCC6)CC3)c2c1. The van der Waals surface area contributed by atoms with Crippen molar-refractivity contribution >= 4 is 38.4 Å². The molecule has 3 aromatic heterocycles. The minimum absolute atomic E-state index is 0.0215. The number of carbonyl (C=O) groups is 1. The van der Waals surface area contributed by atoms with Crippen LogP contribution in [0.5, 0.6) is 5.75 Å². The van der Waals surface area contributed by atoms with E-state index in [0.717, 1.165) is 67.7 Å². The summed E-state index contributed by atoms with van der Waals surface area (Å²) in [5.41, 5.74) is 3.21. The van der Waals surface area contributed by atoms with Gasteiger partial charge in [-0.25, -0.2) is 4.98 Å². The number of hydrogen-bond acceptors (Lipinski definition) is 5. The van der Waals surface area contributed by atoms with Gasteiger partial charge in [0.05, 0.1) is 17.4 Å². The van der Waals surface area contributed by atoms with E-state index in [0.29, 0.717) is 34.1 Å². The molecule has 1 N–H and O–H groups in total. The summed E-state index contributed by atoms with van der Waals surface area (Å²) < 4.78 is 7.26. The van der Waals surface area contributed by atoms with Crippen LogP contribution in [0.2, 0.25) is 0 Å². The highest BCUT2D eigenvalue weighted by Crippen LogP contribution is 2.36. The third kappa shape index (κ3) is 3.75. The number of rotatable bonds is 3. The number of amides is 1. The van der Waals surface area contributed by atoms with Crippen LogP contribution in [0.25, 0.3) is 21.1 Å². The van der Waals surface area contributed by atoms with Crippen LogP contribution >= 0.6 is 11.3 Å². The first kappa shape index (κ1) is 22.3. The molecule has 1 amide bonds. The smallest absolute Gasteiger partial charge is 0.264 e. The number of ether oxygens (including phenoxy) is 1. The van der Waals surface area contributed by atoms with E-state index in [2.05, 4.69) is 23.3 Å².